The van der Waals surface area contributed by atoms with Crippen molar-refractivity contribution in [2.75, 3.05) is 23.2 Å². The van der Waals surface area contributed by atoms with E-state index in [0.717, 1.165) is 5.69 Å². The van der Waals surface area contributed by atoms with Crippen LogP contribution < -0.4 is 20.8 Å². The Morgan fingerprint density at radius 1 is 0.972 bits per heavy atom. The second kappa shape index (κ2) is 11.1. The first-order valence-corrected chi connectivity index (χ1v) is 11.2. The number of non-ortho nitro benzene ring substituents is 1. The number of nitro benzene ring substituents is 1. The lowest BCUT2D eigenvalue weighted by atomic mass is 10.2. The minimum absolute atomic E-state index is 0.0151. The van der Waals surface area contributed by atoms with E-state index in [1.807, 2.05) is 30.3 Å². The van der Waals surface area contributed by atoms with Crippen LogP contribution in [0.25, 0.3) is 0 Å². The zero-order valence-electron chi connectivity index (χ0n) is 18.7. The lowest BCUT2D eigenvalue weighted by Crippen LogP contribution is -2.07. The van der Waals surface area contributed by atoms with Crippen LogP contribution in [0.15, 0.2) is 76.3 Å². The average molecular weight is 551 g/mol. The molecule has 0 saturated carbocycles. The van der Waals surface area contributed by atoms with Gasteiger partial charge < -0.3 is 20.5 Å². The number of phenols is 1. The van der Waals surface area contributed by atoms with Crippen molar-refractivity contribution in [2.45, 2.75) is 0 Å². The normalized spacial score (nSPS) is 10.7. The maximum absolute atomic E-state index is 10.9. The Labute approximate surface area is 213 Å². The van der Waals surface area contributed by atoms with Gasteiger partial charge in [-0.1, -0.05) is 18.2 Å². The third kappa shape index (κ3) is 6.21. The molecule has 0 aliphatic rings. The van der Waals surface area contributed by atoms with E-state index in [-0.39, 0.29) is 35.0 Å². The van der Waals surface area contributed by atoms with E-state index >= 15 is 0 Å². The van der Waals surface area contributed by atoms with Crippen molar-refractivity contribution < 1.29 is 14.8 Å². The van der Waals surface area contributed by atoms with Crippen LogP contribution in [0.3, 0.4) is 0 Å². The molecule has 1 heterocycles. The van der Waals surface area contributed by atoms with Crippen molar-refractivity contribution in [3.05, 3.63) is 86.9 Å². The Balaban J connectivity index is 1.58. The molecule has 0 amide bonds. The highest BCUT2D eigenvalue weighted by Crippen LogP contribution is 2.34. The summed E-state index contributed by atoms with van der Waals surface area (Å²) in [6.07, 6.45) is 1.50. The highest BCUT2D eigenvalue weighted by atomic mass is 79.9. The number of benzene rings is 3. The molecule has 36 heavy (non-hydrogen) atoms. The molecule has 0 bridgehead atoms. The van der Waals surface area contributed by atoms with Crippen LogP contribution in [-0.2, 0) is 0 Å². The van der Waals surface area contributed by atoms with E-state index in [1.54, 1.807) is 24.3 Å². The number of methoxy groups -OCH3 is 1. The van der Waals surface area contributed by atoms with Gasteiger partial charge in [0.1, 0.15) is 0 Å². The quantitative estimate of drug-likeness (QED) is 0.124. The van der Waals surface area contributed by atoms with Crippen molar-refractivity contribution in [3.8, 4) is 11.5 Å². The molecule has 0 fully saturated rings. The van der Waals surface area contributed by atoms with Crippen LogP contribution in [0.5, 0.6) is 11.5 Å². The molecule has 0 spiro atoms. The largest absolute Gasteiger partial charge is 0.503 e. The summed E-state index contributed by atoms with van der Waals surface area (Å²) in [4.78, 5) is 23.5. The summed E-state index contributed by atoms with van der Waals surface area (Å²) in [6, 6.07) is 18.5. The van der Waals surface area contributed by atoms with E-state index in [2.05, 4.69) is 52.0 Å². The monoisotopic (exact) mass is 550 g/mol. The number of hydrogen-bond acceptors (Lipinski definition) is 11. The van der Waals surface area contributed by atoms with Gasteiger partial charge >= 0.3 is 0 Å². The predicted octanol–water partition coefficient (Wildman–Crippen LogP) is 5.19. The number of nitro groups is 1. The van der Waals surface area contributed by atoms with Gasteiger partial charge in [-0.05, 0) is 57.9 Å². The lowest BCUT2D eigenvalue weighted by Gasteiger charge is -2.10. The smallest absolute Gasteiger partial charge is 0.269 e. The first-order valence-electron chi connectivity index (χ1n) is 10.4. The first kappa shape index (κ1) is 24.3. The molecule has 0 saturated heterocycles. The molecule has 0 aliphatic carbocycles. The average Bonchev–Trinajstić information content (AvgIpc) is 2.87. The van der Waals surface area contributed by atoms with Gasteiger partial charge in [-0.2, -0.15) is 20.1 Å². The molecule has 4 rings (SSSR count). The fourth-order valence-electron chi connectivity index (χ4n) is 2.97. The maximum atomic E-state index is 10.9. The molecule has 0 aliphatic heterocycles. The minimum Gasteiger partial charge on any atom is -0.503 e. The zero-order valence-corrected chi connectivity index (χ0v) is 20.3. The van der Waals surface area contributed by atoms with Gasteiger partial charge in [-0.25, -0.2) is 5.43 Å². The Kier molecular flexibility index (Phi) is 7.51. The third-order valence-electron chi connectivity index (χ3n) is 4.65. The molecule has 182 valence electrons. The number of aromatic hydroxyl groups is 1. The molecule has 3 aromatic carbocycles. The standard InChI is InChI=1S/C23H19BrN8O4/c1-36-19-12-14(11-18(24)20(19)33)13-25-31-23-29-21(26-15-5-3-2-4-6-15)28-22(30-23)27-16-7-9-17(10-8-16)32(34)35/h2-13,33H,1H3,(H3,26,27,28,29,30,31)/b25-13+. The minimum atomic E-state index is -0.475. The third-order valence-corrected chi connectivity index (χ3v) is 5.25. The van der Waals surface area contributed by atoms with Gasteiger partial charge in [-0.3, -0.25) is 10.1 Å². The number of ether oxygens (including phenoxy) is 1. The number of hydrogen-bond donors (Lipinski definition) is 4. The van der Waals surface area contributed by atoms with E-state index in [4.69, 9.17) is 4.74 Å². The fraction of sp³-hybridized carbons (Fsp3) is 0.0435. The Morgan fingerprint density at radius 2 is 1.58 bits per heavy atom. The first-order chi connectivity index (χ1) is 17.4. The van der Waals surface area contributed by atoms with E-state index < -0.39 is 4.92 Å². The zero-order chi connectivity index (χ0) is 25.5. The highest BCUT2D eigenvalue weighted by molar-refractivity contribution is 9.10. The van der Waals surface area contributed by atoms with Crippen LogP contribution in [0.1, 0.15) is 5.56 Å². The summed E-state index contributed by atoms with van der Waals surface area (Å²) in [7, 11) is 1.45. The molecule has 0 unspecified atom stereocenters. The van der Waals surface area contributed by atoms with Crippen LogP contribution in [-0.4, -0.2) is 38.3 Å². The number of halogens is 1. The lowest BCUT2D eigenvalue weighted by molar-refractivity contribution is -0.384. The summed E-state index contributed by atoms with van der Waals surface area (Å²) in [5.74, 6) is 0.832. The molecule has 1 aromatic heterocycles. The van der Waals surface area contributed by atoms with Crippen LogP contribution in [0, 0.1) is 10.1 Å². The Morgan fingerprint density at radius 3 is 2.19 bits per heavy atom. The number of hydrazone groups is 1. The number of aromatic nitrogens is 3. The molecule has 4 N–H and O–H groups in total. The van der Waals surface area contributed by atoms with Crippen molar-refractivity contribution in [1.82, 2.24) is 15.0 Å². The number of phenolic OH excluding ortho intramolecular Hbond substituents is 1. The Bertz CT molecular complexity index is 1400. The van der Waals surface area contributed by atoms with Crippen molar-refractivity contribution >= 4 is 57.1 Å². The number of rotatable bonds is 9. The van der Waals surface area contributed by atoms with E-state index in [9.17, 15) is 15.2 Å². The number of nitrogens with zero attached hydrogens (tertiary/aromatic N) is 5. The number of para-hydroxylation sites is 1. The SMILES string of the molecule is COc1cc(/C=N/Nc2nc(Nc3ccccc3)nc(Nc3ccc([N+](=O)[O-])cc3)n2)cc(Br)c1O. The summed E-state index contributed by atoms with van der Waals surface area (Å²) in [6.45, 7) is 0. The summed E-state index contributed by atoms with van der Waals surface area (Å²) in [5, 5.41) is 31.1. The van der Waals surface area contributed by atoms with E-state index in [1.165, 1.54) is 25.5 Å². The van der Waals surface area contributed by atoms with E-state index in [0.29, 0.717) is 15.7 Å². The van der Waals surface area contributed by atoms with Gasteiger partial charge in [0.2, 0.25) is 17.8 Å². The topological polar surface area (TPSA) is 160 Å². The maximum Gasteiger partial charge on any atom is 0.269 e. The van der Waals surface area contributed by atoms with Crippen molar-refractivity contribution in [3.63, 3.8) is 0 Å². The van der Waals surface area contributed by atoms with Gasteiger partial charge in [0.15, 0.2) is 11.5 Å². The van der Waals surface area contributed by atoms with Crippen LogP contribution >= 0.6 is 15.9 Å². The van der Waals surface area contributed by atoms with Gasteiger partial charge in [0.05, 0.1) is 22.7 Å². The molecule has 12 nitrogen and oxygen atoms in total. The molecule has 4 aromatic rings. The second-order valence-corrected chi connectivity index (χ2v) is 8.00. The molecule has 0 radical (unpaired) electrons. The Hall–Kier alpha value is -4.78. The molecule has 13 heteroatoms. The van der Waals surface area contributed by atoms with Crippen LogP contribution in [0.4, 0.5) is 34.9 Å². The summed E-state index contributed by atoms with van der Waals surface area (Å²) in [5.41, 5.74) is 4.69. The number of nitrogens with one attached hydrogen (secondary N) is 3. The van der Waals surface area contributed by atoms with Crippen molar-refractivity contribution in [1.29, 1.82) is 0 Å². The van der Waals surface area contributed by atoms with Crippen LogP contribution in [0.2, 0.25) is 0 Å². The van der Waals surface area contributed by atoms with Crippen molar-refractivity contribution in [2.24, 2.45) is 5.10 Å². The second-order valence-electron chi connectivity index (χ2n) is 7.15. The summed E-state index contributed by atoms with van der Waals surface area (Å²) >= 11 is 3.27. The molecule has 0 atom stereocenters. The number of anilines is 5. The van der Waals surface area contributed by atoms with Gasteiger partial charge in [0.25, 0.3) is 5.69 Å². The molecular weight excluding hydrogens is 532 g/mol. The highest BCUT2D eigenvalue weighted by Gasteiger charge is 2.10. The predicted molar refractivity (Wildman–Crippen MR) is 140 cm³/mol. The van der Waals surface area contributed by atoms with Gasteiger partial charge in [-0.15, -0.1) is 0 Å². The van der Waals surface area contributed by atoms with Gasteiger partial charge in [0, 0.05) is 23.5 Å². The molecular formula is C23H19BrN8O4. The summed E-state index contributed by atoms with van der Waals surface area (Å²) < 4.78 is 5.60. The fourth-order valence-corrected chi connectivity index (χ4v) is 3.43.